The van der Waals surface area contributed by atoms with Crippen LogP contribution in [0.5, 0.6) is 0 Å². The Morgan fingerprint density at radius 3 is 2.63 bits per heavy atom. The van der Waals surface area contributed by atoms with E-state index in [0.717, 1.165) is 30.2 Å². The normalized spacial score (nSPS) is 20.1. The monoisotopic (exact) mass is 382 g/mol. The van der Waals surface area contributed by atoms with Gasteiger partial charge in [-0.2, -0.15) is 0 Å². The molecule has 1 aliphatic heterocycles. The van der Waals surface area contributed by atoms with Crippen molar-refractivity contribution in [3.8, 4) is 0 Å². The molecular weight excluding hydrogens is 360 g/mol. The largest absolute Gasteiger partial charge is 0.396 e. The zero-order chi connectivity index (χ0) is 18.9. The second-order valence-electron chi connectivity index (χ2n) is 7.51. The van der Waals surface area contributed by atoms with Gasteiger partial charge in [-0.3, -0.25) is 4.79 Å². The molecule has 0 radical (unpaired) electrons. The predicted octanol–water partition coefficient (Wildman–Crippen LogP) is 4.28. The average molecular weight is 383 g/mol. The Labute approximate surface area is 163 Å². The van der Waals surface area contributed by atoms with Crippen molar-refractivity contribution in [2.75, 3.05) is 19.7 Å². The molecule has 1 atom stereocenters. The van der Waals surface area contributed by atoms with Crippen LogP contribution in [0.1, 0.15) is 28.9 Å². The number of carbonyl (C=O) groups is 1. The summed E-state index contributed by atoms with van der Waals surface area (Å²) in [6.45, 7) is 1.27. The number of likely N-dealkylation sites (tertiary alicyclic amines) is 1. The first-order valence-electron chi connectivity index (χ1n) is 9.32. The van der Waals surface area contributed by atoms with E-state index in [1.807, 2.05) is 47.4 Å². The van der Waals surface area contributed by atoms with E-state index in [1.54, 1.807) is 0 Å². The summed E-state index contributed by atoms with van der Waals surface area (Å²) < 4.78 is 0. The lowest BCUT2D eigenvalue weighted by Crippen LogP contribution is -2.49. The Balaban J connectivity index is 1.59. The predicted molar refractivity (Wildman–Crippen MR) is 108 cm³/mol. The minimum Gasteiger partial charge on any atom is -0.396 e. The lowest BCUT2D eigenvalue weighted by atomic mass is 9.75. The molecule has 1 saturated heterocycles. The van der Waals surface area contributed by atoms with Crippen molar-refractivity contribution in [2.45, 2.75) is 19.3 Å². The van der Waals surface area contributed by atoms with Crippen LogP contribution in [0.15, 0.2) is 54.6 Å². The van der Waals surface area contributed by atoms with Crippen molar-refractivity contribution in [2.24, 2.45) is 5.41 Å². The van der Waals surface area contributed by atoms with E-state index in [2.05, 4.69) is 17.1 Å². The highest BCUT2D eigenvalue weighted by Gasteiger charge is 2.37. The fourth-order valence-corrected chi connectivity index (χ4v) is 4.45. The number of carbonyl (C=O) groups excluding carboxylic acids is 1. The molecule has 2 heterocycles. The number of nitrogens with one attached hydrogen (secondary N) is 1. The highest BCUT2D eigenvalue weighted by molar-refractivity contribution is 6.38. The van der Waals surface area contributed by atoms with Crippen LogP contribution in [-0.2, 0) is 6.42 Å². The molecule has 1 unspecified atom stereocenters. The average Bonchev–Trinajstić information content (AvgIpc) is 3.05. The molecule has 1 aromatic heterocycles. The van der Waals surface area contributed by atoms with Gasteiger partial charge in [-0.15, -0.1) is 0 Å². The number of fused-ring (bicyclic) bond motifs is 1. The molecule has 0 spiro atoms. The van der Waals surface area contributed by atoms with Crippen LogP contribution < -0.4 is 0 Å². The number of aromatic nitrogens is 1. The van der Waals surface area contributed by atoms with Crippen LogP contribution in [0.3, 0.4) is 0 Å². The van der Waals surface area contributed by atoms with Crippen molar-refractivity contribution in [1.82, 2.24) is 9.88 Å². The van der Waals surface area contributed by atoms with Gasteiger partial charge in [0.2, 0.25) is 0 Å². The number of aliphatic hydroxyl groups excluding tert-OH is 1. The second kappa shape index (κ2) is 7.37. The van der Waals surface area contributed by atoms with Gasteiger partial charge in [0.15, 0.2) is 0 Å². The first-order chi connectivity index (χ1) is 13.1. The molecule has 2 aromatic carbocycles. The molecule has 27 heavy (non-hydrogen) atoms. The maximum absolute atomic E-state index is 13.2. The molecule has 1 fully saturated rings. The minimum atomic E-state index is -0.312. The number of halogens is 1. The lowest BCUT2D eigenvalue weighted by molar-refractivity contribution is 0.0269. The molecule has 0 bridgehead atoms. The number of benzene rings is 2. The fraction of sp³-hybridized carbons (Fsp3) is 0.318. The van der Waals surface area contributed by atoms with E-state index in [4.69, 9.17) is 11.6 Å². The van der Waals surface area contributed by atoms with Gasteiger partial charge in [0.1, 0.15) is 5.69 Å². The van der Waals surface area contributed by atoms with Crippen molar-refractivity contribution >= 4 is 28.4 Å². The molecule has 3 aromatic rings. The fourth-order valence-electron chi connectivity index (χ4n) is 4.15. The Morgan fingerprint density at radius 1 is 1.15 bits per heavy atom. The molecule has 140 valence electrons. The first-order valence-corrected chi connectivity index (χ1v) is 9.70. The number of aromatic amines is 1. The van der Waals surface area contributed by atoms with Gasteiger partial charge in [0.05, 0.1) is 11.6 Å². The molecule has 1 amide bonds. The van der Waals surface area contributed by atoms with Gasteiger partial charge in [0.25, 0.3) is 5.91 Å². The van der Waals surface area contributed by atoms with Crippen molar-refractivity contribution in [1.29, 1.82) is 0 Å². The van der Waals surface area contributed by atoms with Crippen LogP contribution in [0.25, 0.3) is 10.9 Å². The van der Waals surface area contributed by atoms with Gasteiger partial charge in [-0.05, 0) is 30.9 Å². The quantitative estimate of drug-likeness (QED) is 0.707. The van der Waals surface area contributed by atoms with E-state index >= 15 is 0 Å². The van der Waals surface area contributed by atoms with Crippen molar-refractivity contribution in [3.63, 3.8) is 0 Å². The summed E-state index contributed by atoms with van der Waals surface area (Å²) in [5.41, 5.74) is 2.17. The number of nitrogens with zero attached hydrogens (tertiary/aromatic N) is 1. The highest BCUT2D eigenvalue weighted by Crippen LogP contribution is 2.35. The van der Waals surface area contributed by atoms with Crippen molar-refractivity contribution < 1.29 is 9.90 Å². The molecule has 0 aliphatic carbocycles. The molecule has 2 N–H and O–H groups in total. The van der Waals surface area contributed by atoms with E-state index in [9.17, 15) is 9.90 Å². The second-order valence-corrected chi connectivity index (χ2v) is 7.89. The number of hydrogen-bond donors (Lipinski definition) is 2. The van der Waals surface area contributed by atoms with Gasteiger partial charge in [-0.1, -0.05) is 60.1 Å². The number of para-hydroxylation sites is 1. The van der Waals surface area contributed by atoms with Crippen LogP contribution in [0, 0.1) is 5.41 Å². The lowest BCUT2D eigenvalue weighted by Gasteiger charge is -2.42. The molecule has 0 saturated carbocycles. The SMILES string of the molecule is O=C(c1[nH]c2ccccc2c1Cl)N1CCCC(CO)(Cc2ccccc2)C1. The minimum absolute atomic E-state index is 0.0616. The standard InChI is InChI=1S/C22H23ClN2O2/c23-19-17-9-4-5-10-18(17)24-20(19)21(27)25-12-6-11-22(14-25,15-26)13-16-7-2-1-3-8-16/h1-5,7-10,24,26H,6,11-15H2. The summed E-state index contributed by atoms with van der Waals surface area (Å²) in [4.78, 5) is 18.2. The molecule has 5 heteroatoms. The topological polar surface area (TPSA) is 56.3 Å². The zero-order valence-corrected chi connectivity index (χ0v) is 15.9. The number of H-pyrrole nitrogens is 1. The summed E-state index contributed by atoms with van der Waals surface area (Å²) in [5, 5.41) is 11.5. The van der Waals surface area contributed by atoms with Crippen molar-refractivity contribution in [3.05, 3.63) is 70.9 Å². The van der Waals surface area contributed by atoms with E-state index in [1.165, 1.54) is 5.56 Å². The maximum atomic E-state index is 13.2. The zero-order valence-electron chi connectivity index (χ0n) is 15.1. The van der Waals surface area contributed by atoms with E-state index < -0.39 is 0 Å². The van der Waals surface area contributed by atoms with Gasteiger partial charge in [0, 0.05) is 29.4 Å². The third-order valence-corrected chi connectivity index (χ3v) is 5.96. The summed E-state index contributed by atoms with van der Waals surface area (Å²) >= 11 is 6.48. The third-order valence-electron chi connectivity index (χ3n) is 5.56. The highest BCUT2D eigenvalue weighted by atomic mass is 35.5. The molecule has 4 rings (SSSR count). The van der Waals surface area contributed by atoms with Crippen LogP contribution >= 0.6 is 11.6 Å². The summed E-state index contributed by atoms with van der Waals surface area (Å²) in [5.74, 6) is -0.0956. The Hall–Kier alpha value is -2.30. The van der Waals surface area contributed by atoms with Gasteiger partial charge in [-0.25, -0.2) is 0 Å². The first kappa shape index (κ1) is 18.1. The number of aliphatic hydroxyl groups is 1. The van der Waals surface area contributed by atoms with Crippen LogP contribution in [-0.4, -0.2) is 40.6 Å². The number of amides is 1. The number of rotatable bonds is 4. The molecule has 4 nitrogen and oxygen atoms in total. The summed E-state index contributed by atoms with van der Waals surface area (Å²) in [7, 11) is 0. The molecule has 1 aliphatic rings. The summed E-state index contributed by atoms with van der Waals surface area (Å²) in [6, 6.07) is 17.8. The third kappa shape index (κ3) is 3.47. The molecular formula is C22H23ClN2O2. The number of piperidine rings is 1. The summed E-state index contributed by atoms with van der Waals surface area (Å²) in [6.07, 6.45) is 2.54. The van der Waals surface area contributed by atoms with Crippen LogP contribution in [0.4, 0.5) is 0 Å². The maximum Gasteiger partial charge on any atom is 0.271 e. The Morgan fingerprint density at radius 2 is 1.89 bits per heavy atom. The smallest absolute Gasteiger partial charge is 0.271 e. The van der Waals surface area contributed by atoms with E-state index in [-0.39, 0.29) is 17.9 Å². The van der Waals surface area contributed by atoms with Gasteiger partial charge < -0.3 is 15.0 Å². The number of hydrogen-bond acceptors (Lipinski definition) is 2. The Bertz CT molecular complexity index is 953. The van der Waals surface area contributed by atoms with E-state index in [0.29, 0.717) is 23.8 Å². The Kier molecular flexibility index (Phi) is 4.94. The van der Waals surface area contributed by atoms with Gasteiger partial charge >= 0.3 is 0 Å². The van der Waals surface area contributed by atoms with Crippen LogP contribution in [0.2, 0.25) is 5.02 Å².